The largest absolute Gasteiger partial charge is 0.511 e. The molecule has 1 rings (SSSR count). The van der Waals surface area contributed by atoms with Crippen LogP contribution < -0.4 is 0 Å². The van der Waals surface area contributed by atoms with Crippen LogP contribution in [0, 0.1) is 0 Å². The Bertz CT molecular complexity index is 194. The van der Waals surface area contributed by atoms with Crippen molar-refractivity contribution in [1.29, 1.82) is 0 Å². The molecule has 82 valence electrons. The van der Waals surface area contributed by atoms with Crippen LogP contribution in [0.2, 0.25) is 0 Å². The third kappa shape index (κ3) is 3.54. The van der Waals surface area contributed by atoms with Gasteiger partial charge in [0.1, 0.15) is 0 Å². The molecular weight excluding hydrogens is 184 g/mol. The Morgan fingerprint density at radius 1 is 1.29 bits per heavy atom. The standard InChI is InChI=1S/C10H18O4/c1-8(2)13-9(11)14-10(12)6-4-3-5-7-10/h8,12H,3-7H2,1-2H3. The van der Waals surface area contributed by atoms with E-state index in [1.165, 1.54) is 0 Å². The molecule has 0 unspecified atom stereocenters. The second kappa shape index (κ2) is 4.64. The average Bonchev–Trinajstić information content (AvgIpc) is 2.02. The number of ether oxygens (including phenoxy) is 2. The number of rotatable bonds is 2. The van der Waals surface area contributed by atoms with Crippen molar-refractivity contribution in [3.63, 3.8) is 0 Å². The first-order valence-corrected chi connectivity index (χ1v) is 5.14. The first-order chi connectivity index (χ1) is 6.52. The fourth-order valence-electron chi connectivity index (χ4n) is 1.58. The molecule has 4 heteroatoms. The Labute approximate surface area is 84.2 Å². The summed E-state index contributed by atoms with van der Waals surface area (Å²) in [5.41, 5.74) is 0. The van der Waals surface area contributed by atoms with Crippen LogP contribution in [0.3, 0.4) is 0 Å². The molecule has 4 nitrogen and oxygen atoms in total. The van der Waals surface area contributed by atoms with Crippen molar-refractivity contribution in [2.24, 2.45) is 0 Å². The van der Waals surface area contributed by atoms with E-state index in [0.717, 1.165) is 19.3 Å². The lowest BCUT2D eigenvalue weighted by Gasteiger charge is -2.30. The summed E-state index contributed by atoms with van der Waals surface area (Å²) < 4.78 is 9.68. The summed E-state index contributed by atoms with van der Waals surface area (Å²) in [7, 11) is 0. The van der Waals surface area contributed by atoms with Crippen LogP contribution in [0.1, 0.15) is 46.0 Å². The minimum absolute atomic E-state index is 0.213. The Kier molecular flexibility index (Phi) is 3.75. The summed E-state index contributed by atoms with van der Waals surface area (Å²) >= 11 is 0. The minimum Gasteiger partial charge on any atom is -0.432 e. The third-order valence-electron chi connectivity index (χ3n) is 2.24. The van der Waals surface area contributed by atoms with Gasteiger partial charge in [-0.1, -0.05) is 6.42 Å². The SMILES string of the molecule is CC(C)OC(=O)OC1(O)CCCCC1. The predicted octanol–water partition coefficient (Wildman–Crippen LogP) is 2.20. The van der Waals surface area contributed by atoms with Crippen LogP contribution in [0.15, 0.2) is 0 Å². The molecule has 1 N–H and O–H groups in total. The average molecular weight is 202 g/mol. The van der Waals surface area contributed by atoms with Gasteiger partial charge in [0.2, 0.25) is 5.79 Å². The van der Waals surface area contributed by atoms with Gasteiger partial charge in [0.15, 0.2) is 0 Å². The van der Waals surface area contributed by atoms with Crippen molar-refractivity contribution in [3.05, 3.63) is 0 Å². The predicted molar refractivity (Wildman–Crippen MR) is 50.7 cm³/mol. The molecule has 1 fully saturated rings. The zero-order valence-corrected chi connectivity index (χ0v) is 8.78. The topological polar surface area (TPSA) is 55.8 Å². The molecule has 0 aromatic rings. The smallest absolute Gasteiger partial charge is 0.432 e. The maximum Gasteiger partial charge on any atom is 0.511 e. The van der Waals surface area contributed by atoms with Gasteiger partial charge in [0, 0.05) is 12.8 Å². The molecule has 1 aliphatic carbocycles. The maximum absolute atomic E-state index is 11.1. The van der Waals surface area contributed by atoms with Crippen LogP contribution in [0.4, 0.5) is 4.79 Å². The minimum atomic E-state index is -1.29. The molecule has 0 radical (unpaired) electrons. The molecule has 0 heterocycles. The molecule has 1 saturated carbocycles. The quantitative estimate of drug-likeness (QED) is 0.551. The molecule has 0 spiro atoms. The molecule has 0 aliphatic heterocycles. The monoisotopic (exact) mass is 202 g/mol. The number of carbonyl (C=O) groups excluding carboxylic acids is 1. The van der Waals surface area contributed by atoms with Gasteiger partial charge in [0.25, 0.3) is 0 Å². The van der Waals surface area contributed by atoms with Gasteiger partial charge in [0.05, 0.1) is 6.10 Å². The highest BCUT2D eigenvalue weighted by atomic mass is 16.8. The highest BCUT2D eigenvalue weighted by molar-refractivity contribution is 5.60. The zero-order valence-electron chi connectivity index (χ0n) is 8.78. The summed E-state index contributed by atoms with van der Waals surface area (Å²) in [4.78, 5) is 11.1. The molecule has 14 heavy (non-hydrogen) atoms. The van der Waals surface area contributed by atoms with Crippen molar-refractivity contribution < 1.29 is 19.4 Å². The Balaban J connectivity index is 2.37. The van der Waals surface area contributed by atoms with Gasteiger partial charge in [-0.15, -0.1) is 0 Å². The number of hydrogen-bond acceptors (Lipinski definition) is 4. The van der Waals surface area contributed by atoms with Crippen LogP contribution in [-0.2, 0) is 9.47 Å². The van der Waals surface area contributed by atoms with Crippen molar-refractivity contribution >= 4 is 6.16 Å². The number of hydrogen-bond donors (Lipinski definition) is 1. The van der Waals surface area contributed by atoms with Gasteiger partial charge in [-0.05, 0) is 26.7 Å². The second-order valence-corrected chi connectivity index (χ2v) is 4.03. The normalized spacial score (nSPS) is 20.6. The highest BCUT2D eigenvalue weighted by Crippen LogP contribution is 2.29. The molecular formula is C10H18O4. The first kappa shape index (κ1) is 11.3. The lowest BCUT2D eigenvalue weighted by Crippen LogP contribution is -2.37. The van der Waals surface area contributed by atoms with E-state index >= 15 is 0 Å². The van der Waals surface area contributed by atoms with Gasteiger partial charge in [-0.3, -0.25) is 0 Å². The molecule has 0 saturated heterocycles. The summed E-state index contributed by atoms with van der Waals surface area (Å²) in [6.07, 6.45) is 2.92. The fraction of sp³-hybridized carbons (Fsp3) is 0.900. The van der Waals surface area contributed by atoms with Gasteiger partial charge < -0.3 is 14.6 Å². The van der Waals surface area contributed by atoms with Crippen LogP contribution in [0.5, 0.6) is 0 Å². The summed E-state index contributed by atoms with van der Waals surface area (Å²) in [5, 5.41) is 9.83. The van der Waals surface area contributed by atoms with Crippen molar-refractivity contribution in [1.82, 2.24) is 0 Å². The second-order valence-electron chi connectivity index (χ2n) is 4.03. The van der Waals surface area contributed by atoms with E-state index in [2.05, 4.69) is 0 Å². The first-order valence-electron chi connectivity index (χ1n) is 5.14. The van der Waals surface area contributed by atoms with E-state index in [4.69, 9.17) is 9.47 Å². The summed E-state index contributed by atoms with van der Waals surface area (Å²) in [6, 6.07) is 0. The lowest BCUT2D eigenvalue weighted by atomic mass is 9.94. The van der Waals surface area contributed by atoms with Crippen LogP contribution in [-0.4, -0.2) is 23.2 Å². The van der Waals surface area contributed by atoms with E-state index < -0.39 is 11.9 Å². The van der Waals surface area contributed by atoms with Crippen molar-refractivity contribution in [2.75, 3.05) is 0 Å². The molecule has 0 bridgehead atoms. The highest BCUT2D eigenvalue weighted by Gasteiger charge is 2.34. The summed E-state index contributed by atoms with van der Waals surface area (Å²) in [6.45, 7) is 3.48. The van der Waals surface area contributed by atoms with Gasteiger partial charge in [-0.2, -0.15) is 0 Å². The number of carbonyl (C=O) groups is 1. The molecule has 0 atom stereocenters. The maximum atomic E-state index is 11.1. The molecule has 0 aromatic carbocycles. The van der Waals surface area contributed by atoms with Crippen molar-refractivity contribution in [2.45, 2.75) is 57.8 Å². The third-order valence-corrected chi connectivity index (χ3v) is 2.24. The molecule has 0 amide bonds. The van der Waals surface area contributed by atoms with Crippen molar-refractivity contribution in [3.8, 4) is 0 Å². The van der Waals surface area contributed by atoms with E-state index in [1.807, 2.05) is 0 Å². The van der Waals surface area contributed by atoms with E-state index in [1.54, 1.807) is 13.8 Å². The van der Waals surface area contributed by atoms with E-state index in [-0.39, 0.29) is 6.10 Å². The Hall–Kier alpha value is -0.770. The summed E-state index contributed by atoms with van der Waals surface area (Å²) in [5.74, 6) is -1.29. The Morgan fingerprint density at radius 2 is 1.86 bits per heavy atom. The van der Waals surface area contributed by atoms with Gasteiger partial charge >= 0.3 is 6.16 Å². The van der Waals surface area contributed by atoms with Crippen LogP contribution >= 0.6 is 0 Å². The zero-order chi connectivity index (χ0) is 10.6. The van der Waals surface area contributed by atoms with Gasteiger partial charge in [-0.25, -0.2) is 4.79 Å². The number of aliphatic hydroxyl groups is 1. The molecule has 0 aromatic heterocycles. The lowest BCUT2D eigenvalue weighted by molar-refractivity contribution is -0.196. The van der Waals surface area contributed by atoms with E-state index in [9.17, 15) is 9.90 Å². The fourth-order valence-corrected chi connectivity index (χ4v) is 1.58. The van der Waals surface area contributed by atoms with E-state index in [0.29, 0.717) is 12.8 Å². The Morgan fingerprint density at radius 3 is 2.36 bits per heavy atom. The van der Waals surface area contributed by atoms with Crippen LogP contribution in [0.25, 0.3) is 0 Å². The molecule has 1 aliphatic rings.